The summed E-state index contributed by atoms with van der Waals surface area (Å²) >= 11 is 0. The van der Waals surface area contributed by atoms with Crippen LogP contribution in [0.1, 0.15) is 72.3 Å². The average Bonchev–Trinajstić information content (AvgIpc) is 3.01. The number of rotatable bonds is 6. The molecule has 2 atom stereocenters. The summed E-state index contributed by atoms with van der Waals surface area (Å²) in [5.41, 5.74) is 4.00. The number of benzene rings is 1. The second-order valence-electron chi connectivity index (χ2n) is 8.55. The minimum Gasteiger partial charge on any atom is -0.348 e. The van der Waals surface area contributed by atoms with Crippen LogP contribution < -0.4 is 10.6 Å². The predicted octanol–water partition coefficient (Wildman–Crippen LogP) is 3.73. The molecule has 0 spiro atoms. The normalized spacial score (nSPS) is 22.6. The lowest BCUT2D eigenvalue weighted by atomic mass is 9.84. The molecule has 28 heavy (non-hydrogen) atoms. The van der Waals surface area contributed by atoms with E-state index in [2.05, 4.69) is 34.8 Å². The van der Waals surface area contributed by atoms with Crippen LogP contribution in [-0.2, 0) is 6.54 Å². The lowest BCUT2D eigenvalue weighted by Gasteiger charge is -2.41. The van der Waals surface area contributed by atoms with Gasteiger partial charge in [-0.25, -0.2) is 0 Å². The summed E-state index contributed by atoms with van der Waals surface area (Å²) in [6.07, 6.45) is 8.85. The summed E-state index contributed by atoms with van der Waals surface area (Å²) in [5, 5.41) is 11.6. The van der Waals surface area contributed by atoms with Crippen LogP contribution in [0.2, 0.25) is 0 Å². The van der Waals surface area contributed by atoms with Gasteiger partial charge in [-0.1, -0.05) is 31.4 Å². The number of aryl methyl sites for hydroxylation is 2. The third-order valence-electron chi connectivity index (χ3n) is 6.27. The Hall–Kier alpha value is -2.14. The first-order valence-electron chi connectivity index (χ1n) is 10.8. The monoisotopic (exact) mass is 380 g/mol. The third kappa shape index (κ3) is 4.46. The highest BCUT2D eigenvalue weighted by Crippen LogP contribution is 2.25. The SMILES string of the molecule is Cc1cc(C)n(Cc2cccc(C(=O)N[C@H]3CC[C@H]3NC3CCCCC3)c2)n1. The van der Waals surface area contributed by atoms with Crippen LogP contribution in [0.15, 0.2) is 30.3 Å². The van der Waals surface area contributed by atoms with Crippen molar-refractivity contribution in [1.29, 1.82) is 0 Å². The standard InChI is InChI=1S/C23H32N4O/c1-16-13-17(2)27(26-16)15-18-7-6-8-19(14-18)23(28)25-22-12-11-21(22)24-20-9-4-3-5-10-20/h6-8,13-14,20-22,24H,3-5,9-12,15H2,1-2H3,(H,25,28)/t21-,22+/m1/s1. The van der Waals surface area contributed by atoms with E-state index in [1.165, 1.54) is 38.5 Å². The second kappa shape index (κ2) is 8.48. The highest BCUT2D eigenvalue weighted by atomic mass is 16.1. The van der Waals surface area contributed by atoms with Crippen molar-refractivity contribution in [3.63, 3.8) is 0 Å². The van der Waals surface area contributed by atoms with Crippen LogP contribution in [0.5, 0.6) is 0 Å². The summed E-state index contributed by atoms with van der Waals surface area (Å²) in [7, 11) is 0. The largest absolute Gasteiger partial charge is 0.348 e. The Balaban J connectivity index is 1.35. The first kappa shape index (κ1) is 19.2. The fourth-order valence-electron chi connectivity index (χ4n) is 4.51. The van der Waals surface area contributed by atoms with Crippen molar-refractivity contribution in [3.8, 4) is 0 Å². The Bertz CT molecular complexity index is 822. The van der Waals surface area contributed by atoms with Gasteiger partial charge in [-0.05, 0) is 63.3 Å². The third-order valence-corrected chi connectivity index (χ3v) is 6.27. The molecule has 2 aromatic rings. The summed E-state index contributed by atoms with van der Waals surface area (Å²) in [4.78, 5) is 12.8. The maximum absolute atomic E-state index is 12.8. The van der Waals surface area contributed by atoms with Gasteiger partial charge in [0.05, 0.1) is 12.2 Å². The van der Waals surface area contributed by atoms with Gasteiger partial charge in [0.15, 0.2) is 0 Å². The van der Waals surface area contributed by atoms with E-state index < -0.39 is 0 Å². The molecule has 0 radical (unpaired) electrons. The Morgan fingerprint density at radius 2 is 1.86 bits per heavy atom. The van der Waals surface area contributed by atoms with E-state index >= 15 is 0 Å². The maximum atomic E-state index is 12.8. The molecule has 2 aliphatic carbocycles. The summed E-state index contributed by atoms with van der Waals surface area (Å²) in [6, 6.07) is 11.3. The molecular formula is C23H32N4O. The molecule has 150 valence electrons. The lowest BCUT2D eigenvalue weighted by Crippen LogP contribution is -2.59. The predicted molar refractivity (Wildman–Crippen MR) is 112 cm³/mol. The topological polar surface area (TPSA) is 59.0 Å². The second-order valence-corrected chi connectivity index (χ2v) is 8.55. The molecule has 0 aliphatic heterocycles. The lowest BCUT2D eigenvalue weighted by molar-refractivity contribution is 0.0885. The van der Waals surface area contributed by atoms with Crippen LogP contribution >= 0.6 is 0 Å². The summed E-state index contributed by atoms with van der Waals surface area (Å²) in [6.45, 7) is 4.76. The molecule has 0 saturated heterocycles. The molecule has 1 heterocycles. The van der Waals surface area contributed by atoms with Gasteiger partial charge in [0, 0.05) is 29.4 Å². The van der Waals surface area contributed by atoms with Crippen LogP contribution in [0.4, 0.5) is 0 Å². The van der Waals surface area contributed by atoms with Gasteiger partial charge < -0.3 is 10.6 Å². The van der Waals surface area contributed by atoms with Crippen molar-refractivity contribution >= 4 is 5.91 Å². The number of hydrogen-bond acceptors (Lipinski definition) is 3. The van der Waals surface area contributed by atoms with Gasteiger partial charge in [0.2, 0.25) is 0 Å². The first-order valence-corrected chi connectivity index (χ1v) is 10.8. The van der Waals surface area contributed by atoms with E-state index in [0.29, 0.717) is 18.6 Å². The van der Waals surface area contributed by atoms with Crippen molar-refractivity contribution in [2.24, 2.45) is 0 Å². The molecule has 1 amide bonds. The van der Waals surface area contributed by atoms with Crippen LogP contribution in [-0.4, -0.2) is 33.8 Å². The Morgan fingerprint density at radius 3 is 2.54 bits per heavy atom. The number of hydrogen-bond donors (Lipinski definition) is 2. The van der Waals surface area contributed by atoms with Crippen molar-refractivity contribution in [2.45, 2.75) is 83.5 Å². The Morgan fingerprint density at radius 1 is 1.07 bits per heavy atom. The van der Waals surface area contributed by atoms with Gasteiger partial charge in [0.25, 0.3) is 5.91 Å². The molecular weight excluding hydrogens is 348 g/mol. The van der Waals surface area contributed by atoms with Crippen LogP contribution in [0.3, 0.4) is 0 Å². The molecule has 1 aromatic carbocycles. The quantitative estimate of drug-likeness (QED) is 0.803. The molecule has 1 aromatic heterocycles. The minimum absolute atomic E-state index is 0.0374. The zero-order valence-corrected chi connectivity index (χ0v) is 17.1. The number of nitrogens with one attached hydrogen (secondary N) is 2. The molecule has 2 N–H and O–H groups in total. The van der Waals surface area contributed by atoms with E-state index in [0.717, 1.165) is 28.9 Å². The summed E-state index contributed by atoms with van der Waals surface area (Å²) in [5.74, 6) is 0.0374. The van der Waals surface area contributed by atoms with Crippen LogP contribution in [0, 0.1) is 13.8 Å². The summed E-state index contributed by atoms with van der Waals surface area (Å²) < 4.78 is 1.99. The highest BCUT2D eigenvalue weighted by Gasteiger charge is 2.33. The minimum atomic E-state index is 0.0374. The molecule has 5 nitrogen and oxygen atoms in total. The smallest absolute Gasteiger partial charge is 0.251 e. The first-order chi connectivity index (χ1) is 13.6. The number of amides is 1. The zero-order valence-electron chi connectivity index (χ0n) is 17.1. The van der Waals surface area contributed by atoms with E-state index in [1.54, 1.807) is 0 Å². The van der Waals surface area contributed by atoms with Gasteiger partial charge in [-0.3, -0.25) is 9.48 Å². The Kier molecular flexibility index (Phi) is 5.81. The fraction of sp³-hybridized carbons (Fsp3) is 0.565. The number of carbonyl (C=O) groups excluding carboxylic acids is 1. The van der Waals surface area contributed by atoms with Gasteiger partial charge in [-0.15, -0.1) is 0 Å². The zero-order chi connectivity index (χ0) is 19.5. The molecule has 5 heteroatoms. The van der Waals surface area contributed by atoms with Crippen molar-refractivity contribution in [3.05, 3.63) is 52.8 Å². The molecule has 2 fully saturated rings. The van der Waals surface area contributed by atoms with E-state index in [-0.39, 0.29) is 11.9 Å². The molecule has 0 unspecified atom stereocenters. The van der Waals surface area contributed by atoms with Crippen LogP contribution in [0.25, 0.3) is 0 Å². The van der Waals surface area contributed by atoms with Gasteiger partial charge in [0.1, 0.15) is 0 Å². The van der Waals surface area contributed by atoms with E-state index in [1.807, 2.05) is 29.8 Å². The van der Waals surface area contributed by atoms with Crippen molar-refractivity contribution < 1.29 is 4.79 Å². The number of carbonyl (C=O) groups is 1. The number of aromatic nitrogens is 2. The van der Waals surface area contributed by atoms with Crippen molar-refractivity contribution in [1.82, 2.24) is 20.4 Å². The maximum Gasteiger partial charge on any atom is 0.251 e. The highest BCUT2D eigenvalue weighted by molar-refractivity contribution is 5.94. The molecule has 0 bridgehead atoms. The van der Waals surface area contributed by atoms with E-state index in [4.69, 9.17) is 0 Å². The molecule has 2 saturated carbocycles. The van der Waals surface area contributed by atoms with E-state index in [9.17, 15) is 4.79 Å². The fourth-order valence-corrected chi connectivity index (χ4v) is 4.51. The van der Waals surface area contributed by atoms with Crippen molar-refractivity contribution in [2.75, 3.05) is 0 Å². The van der Waals surface area contributed by atoms with Gasteiger partial charge >= 0.3 is 0 Å². The average molecular weight is 381 g/mol. The number of nitrogens with zero attached hydrogens (tertiary/aromatic N) is 2. The molecule has 4 rings (SSSR count). The Labute approximate surface area is 167 Å². The van der Waals surface area contributed by atoms with Gasteiger partial charge in [-0.2, -0.15) is 5.10 Å². The molecule has 2 aliphatic rings.